The minimum Gasteiger partial charge on any atom is -0.456 e. The Bertz CT molecular complexity index is 9760. The maximum absolute atomic E-state index is 7.84. The fourth-order valence-electron chi connectivity index (χ4n) is 23.5. The topological polar surface area (TPSA) is 137 Å². The molecule has 8 aromatic heterocycles. The van der Waals surface area contributed by atoms with Gasteiger partial charge in [-0.2, -0.15) is 0 Å². The van der Waals surface area contributed by atoms with E-state index in [0.717, 1.165) is 250 Å². The van der Waals surface area contributed by atoms with Crippen LogP contribution in [0.3, 0.4) is 0 Å². The third-order valence-electron chi connectivity index (χ3n) is 30.9. The number of aromatic nitrogens is 8. The molecule has 16 heteroatoms. The zero-order chi connectivity index (χ0) is 103. The highest BCUT2D eigenvalue weighted by Gasteiger charge is 2.33. The van der Waals surface area contributed by atoms with Crippen LogP contribution in [0.15, 0.2) is 334 Å². The summed E-state index contributed by atoms with van der Waals surface area (Å²) in [5, 5.41) is 12.7. The Morgan fingerprint density at radius 3 is 0.800 bits per heavy atom. The number of aryl methyl sites for hydroxylation is 8. The minimum atomic E-state index is 0.433. The Kier molecular flexibility index (Phi) is 25.3. The molecule has 24 aromatic rings. The van der Waals surface area contributed by atoms with E-state index >= 15 is 0 Å². The van der Waals surface area contributed by atoms with Crippen LogP contribution in [-0.2, 0) is 34.6 Å². The van der Waals surface area contributed by atoms with Gasteiger partial charge in [0.25, 0.3) is 25.3 Å². The number of nitrogens with zero attached hydrogens (tertiary/aromatic N) is 12. The highest BCUT2D eigenvalue weighted by molar-refractivity contribution is 6.21. The predicted octanol–water partition coefficient (Wildman–Crippen LogP) is 34.6. The predicted molar refractivity (Wildman–Crippen MR) is 608 cm³/mol. The Balaban J connectivity index is 0.000000110. The molecule has 2 fully saturated rings. The van der Waals surface area contributed by atoms with Gasteiger partial charge in [0.2, 0.25) is 0 Å². The van der Waals surface area contributed by atoms with Crippen LogP contribution >= 0.6 is 0 Å². The lowest BCUT2D eigenvalue weighted by Crippen LogP contribution is -2.32. The third kappa shape index (κ3) is 17.0. The molecule has 16 aromatic carbocycles. The van der Waals surface area contributed by atoms with Gasteiger partial charge in [0.1, 0.15) is 67.4 Å². The second-order valence-corrected chi connectivity index (χ2v) is 41.3. The van der Waals surface area contributed by atoms with Gasteiger partial charge in [-0.25, -0.2) is 37.6 Å². The molecular formula is C134H112N12O4+4. The van der Waals surface area contributed by atoms with Gasteiger partial charge in [-0.1, -0.05) is 302 Å². The molecule has 0 atom stereocenters. The maximum Gasteiger partial charge on any atom is 0.287 e. The molecule has 0 radical (unpaired) electrons. The SMILES string of the molecule is [C-]#[N+]c1ccc2c(oc3c(-c4c5ccc(C(C)C)cc5nc[n+]4C)c(C)ccc32)c1-c1ccccc1.[C-]#[N+]c1ccc2c(oc3c(-c4c5ccc(C6CCCC6)cc5nc[n+]4C)c(C)ccc32)c1-c1ccccc1.[C-]#[N+]c1ccc2c(oc3c(-c4c5ccc(C6CCCCC6)cc5nc[n+]4C)c(C)ccc32)c1-c1ccccc1.[C-]#[N+]c1ccc2c(oc3c(-c4c5ccc(CC(C)C)cc5nc[n+]4C)c(C)ccc32)c1-c1ccccc1. The summed E-state index contributed by atoms with van der Waals surface area (Å²) < 4.78 is 35.4. The largest absolute Gasteiger partial charge is 0.456 e. The molecule has 150 heavy (non-hydrogen) atoms. The summed E-state index contributed by atoms with van der Waals surface area (Å²) in [6, 6.07) is 100. The van der Waals surface area contributed by atoms with Crippen molar-refractivity contribution in [1.82, 2.24) is 19.9 Å². The Morgan fingerprint density at radius 2 is 0.520 bits per heavy atom. The molecule has 0 N–H and O–H groups in total. The van der Waals surface area contributed by atoms with Crippen molar-refractivity contribution >= 4 is 154 Å². The molecule has 26 rings (SSSR count). The first-order chi connectivity index (χ1) is 73.2. The number of hydrogen-bond donors (Lipinski definition) is 0. The highest BCUT2D eigenvalue weighted by Crippen LogP contribution is 2.53. The van der Waals surface area contributed by atoms with Crippen molar-refractivity contribution in [3.8, 4) is 89.5 Å². The highest BCUT2D eigenvalue weighted by atomic mass is 16.3. The van der Waals surface area contributed by atoms with Crippen LogP contribution < -0.4 is 18.3 Å². The smallest absolute Gasteiger partial charge is 0.287 e. The molecule has 728 valence electrons. The molecule has 0 spiro atoms. The Labute approximate surface area is 871 Å². The molecule has 0 amide bonds. The van der Waals surface area contributed by atoms with Gasteiger partial charge in [-0.05, 0) is 219 Å². The zero-order valence-corrected chi connectivity index (χ0v) is 86.4. The van der Waals surface area contributed by atoms with Crippen molar-refractivity contribution in [2.45, 2.75) is 137 Å². The van der Waals surface area contributed by atoms with Gasteiger partial charge >= 0.3 is 0 Å². The van der Waals surface area contributed by atoms with Crippen LogP contribution in [0.25, 0.3) is 240 Å². The normalized spacial score (nSPS) is 12.9. The van der Waals surface area contributed by atoms with E-state index in [1.54, 1.807) is 0 Å². The molecule has 2 aliphatic carbocycles. The molecule has 8 heterocycles. The first-order valence-corrected chi connectivity index (χ1v) is 52.0. The number of hydrogen-bond acceptors (Lipinski definition) is 8. The average Bonchev–Trinajstić information content (AvgIpc) is 1.58. The summed E-state index contributed by atoms with van der Waals surface area (Å²) in [4.78, 5) is 34.5. The van der Waals surface area contributed by atoms with E-state index in [4.69, 9.17) is 63.9 Å². The molecule has 2 saturated carbocycles. The summed E-state index contributed by atoms with van der Waals surface area (Å²) in [5.74, 6) is 2.30. The first-order valence-electron chi connectivity index (χ1n) is 52.0. The van der Waals surface area contributed by atoms with Gasteiger partial charge in [-0.3, -0.25) is 0 Å². The summed E-state index contributed by atoms with van der Waals surface area (Å²) >= 11 is 0. The fourth-order valence-corrected chi connectivity index (χ4v) is 23.5. The molecule has 0 aliphatic heterocycles. The number of fused-ring (bicyclic) bond motifs is 16. The van der Waals surface area contributed by atoms with Crippen molar-refractivity contribution in [3.63, 3.8) is 0 Å². The second kappa shape index (κ2) is 39.8. The van der Waals surface area contributed by atoms with E-state index < -0.39 is 0 Å². The number of furan rings is 4. The lowest BCUT2D eigenvalue weighted by Gasteiger charge is -2.21. The first kappa shape index (κ1) is 95.6. The summed E-state index contributed by atoms with van der Waals surface area (Å²) in [6.07, 6.45) is 20.4. The van der Waals surface area contributed by atoms with Crippen LogP contribution in [0.2, 0.25) is 0 Å². The summed E-state index contributed by atoms with van der Waals surface area (Å²) in [6.45, 7) is 48.7. The van der Waals surface area contributed by atoms with Crippen LogP contribution in [0.4, 0.5) is 22.7 Å². The van der Waals surface area contributed by atoms with Crippen molar-refractivity contribution in [2.24, 2.45) is 34.1 Å². The average molecular weight is 1950 g/mol. The molecule has 0 unspecified atom stereocenters. The standard InChI is InChI=1S/C35H30N3O.C34H28N3O.C33H28N3O.C32H26N3O/c1-22-14-16-26-27-18-19-29(36-2)32(24-12-8-5-9-13-24)35(27)39-34(26)31(22)33-28-17-15-25(23-10-6-4-7-11-23)20-30(28)37-21-38(33)3;1-21-13-15-25-26-17-18-28(35-2)31(23-11-5-4-6-12-23)34(26)38-33(25)30(21)32-27-16-14-24(22-9-7-8-10-22)19-29(27)36-20-37(32)3;1-20(2)17-22-12-14-26-28(18-22)35-19-36(5)31(26)29-21(3)11-13-24-25-15-16-27(34-4)30(33(25)37-32(24)29)23-9-7-6-8-10-23;1-19(2)22-12-14-25-27(17-22)34-18-35(5)30(25)28-20(3)11-13-23-24-15-16-26(33-4)29(32(24)36-31(23)28)21-9-7-6-8-10-21/h5,8-9,12-21,23H,4,6-7,10-11H2,1,3H3;4-6,11-20,22H,7-10H2,1,3H3;6-16,18-20H,17H2,1-3,5H3;6-19H,1-3,5H3/q4*+1. The zero-order valence-electron chi connectivity index (χ0n) is 86.4. The molecule has 16 nitrogen and oxygen atoms in total. The van der Waals surface area contributed by atoms with E-state index in [1.807, 2.05) is 209 Å². The van der Waals surface area contributed by atoms with E-state index in [0.29, 0.717) is 46.4 Å². The van der Waals surface area contributed by atoms with Crippen LogP contribution in [-0.4, -0.2) is 19.9 Å². The molecule has 2 aliphatic rings. The molecule has 0 saturated heterocycles. The van der Waals surface area contributed by atoms with Crippen LogP contribution in [0.5, 0.6) is 0 Å². The summed E-state index contributed by atoms with van der Waals surface area (Å²) in [7, 11) is 8.19. The number of rotatable bonds is 13. The van der Waals surface area contributed by atoms with Gasteiger partial charge < -0.3 is 17.7 Å². The summed E-state index contributed by atoms with van der Waals surface area (Å²) in [5.41, 5.74) is 38.6. The fraction of sp³-hybridized carbons (Fsp3) is 0.194. The van der Waals surface area contributed by atoms with Gasteiger partial charge in [0.05, 0.1) is 98.3 Å². The Morgan fingerprint density at radius 1 is 0.273 bits per heavy atom. The quantitative estimate of drug-likeness (QED) is 0.0822. The van der Waals surface area contributed by atoms with Crippen LogP contribution in [0, 0.1) is 59.9 Å². The van der Waals surface area contributed by atoms with Gasteiger partial charge in [0.15, 0.2) is 44.8 Å². The second-order valence-electron chi connectivity index (χ2n) is 41.3. The van der Waals surface area contributed by atoms with Gasteiger partial charge in [0, 0.05) is 65.3 Å². The third-order valence-corrected chi connectivity index (χ3v) is 30.9. The van der Waals surface area contributed by atoms with Crippen molar-refractivity contribution in [3.05, 3.63) is 407 Å². The molecular weight excluding hydrogens is 1840 g/mol. The minimum absolute atomic E-state index is 0.433. The van der Waals surface area contributed by atoms with Crippen LogP contribution in [0.1, 0.15) is 148 Å². The number of benzene rings is 16. The maximum atomic E-state index is 7.84. The van der Waals surface area contributed by atoms with E-state index in [-0.39, 0.29) is 0 Å². The van der Waals surface area contributed by atoms with Crippen molar-refractivity contribution in [1.29, 1.82) is 0 Å². The lowest BCUT2D eigenvalue weighted by atomic mass is 9.83. The lowest BCUT2D eigenvalue weighted by molar-refractivity contribution is -0.662. The Hall–Kier alpha value is -18.0. The monoisotopic (exact) mass is 1950 g/mol. The van der Waals surface area contributed by atoms with E-state index in [9.17, 15) is 0 Å². The van der Waals surface area contributed by atoms with Crippen molar-refractivity contribution in [2.75, 3.05) is 0 Å². The molecule has 0 bridgehead atoms. The van der Waals surface area contributed by atoms with E-state index in [1.165, 1.54) is 80.0 Å². The van der Waals surface area contributed by atoms with E-state index in [2.05, 4.69) is 228 Å². The van der Waals surface area contributed by atoms with Crippen molar-refractivity contribution < 1.29 is 35.9 Å². The van der Waals surface area contributed by atoms with Gasteiger partial charge in [-0.15, -0.1) is 0 Å².